The van der Waals surface area contributed by atoms with Gasteiger partial charge in [0.1, 0.15) is 0 Å². The van der Waals surface area contributed by atoms with Crippen molar-refractivity contribution < 1.29 is 0 Å². The Labute approximate surface area is 112 Å². The maximum atomic E-state index is 3.64. The van der Waals surface area contributed by atoms with Gasteiger partial charge in [-0.1, -0.05) is 0 Å². The quantitative estimate of drug-likeness (QED) is 0.779. The lowest BCUT2D eigenvalue weighted by Crippen LogP contribution is -2.50. The molecule has 0 aromatic heterocycles. The molecular formula is C14H30N4. The second-order valence-corrected chi connectivity index (χ2v) is 6.22. The Morgan fingerprint density at radius 1 is 1.11 bits per heavy atom. The van der Waals surface area contributed by atoms with Gasteiger partial charge in [-0.2, -0.15) is 0 Å². The van der Waals surface area contributed by atoms with E-state index in [4.69, 9.17) is 0 Å². The lowest BCUT2D eigenvalue weighted by Gasteiger charge is -2.37. The van der Waals surface area contributed by atoms with Crippen LogP contribution >= 0.6 is 0 Å². The molecule has 18 heavy (non-hydrogen) atoms. The first-order chi connectivity index (χ1) is 8.65. The molecule has 0 bridgehead atoms. The second-order valence-electron chi connectivity index (χ2n) is 6.22. The van der Waals surface area contributed by atoms with Gasteiger partial charge in [0.25, 0.3) is 0 Å². The van der Waals surface area contributed by atoms with E-state index in [0.717, 1.165) is 12.6 Å². The lowest BCUT2D eigenvalue weighted by molar-refractivity contribution is 0.134. The fraction of sp³-hybridized carbons (Fsp3) is 1.00. The van der Waals surface area contributed by atoms with Crippen LogP contribution in [0.1, 0.15) is 19.3 Å². The summed E-state index contributed by atoms with van der Waals surface area (Å²) in [6, 6.07) is 1.50. The average Bonchev–Trinajstić information content (AvgIpc) is 2.37. The van der Waals surface area contributed by atoms with Gasteiger partial charge in [0.15, 0.2) is 0 Å². The van der Waals surface area contributed by atoms with Crippen LogP contribution in [0, 0.1) is 0 Å². The van der Waals surface area contributed by atoms with Crippen molar-refractivity contribution in [3.8, 4) is 0 Å². The Morgan fingerprint density at radius 3 is 2.50 bits per heavy atom. The molecule has 0 aliphatic carbocycles. The number of hydrogen-bond acceptors (Lipinski definition) is 4. The molecule has 2 heterocycles. The standard InChI is InChI=1S/C14H30N4/c1-16-8-5-14(6-9-16)18(3)10-4-13-12-17(2)11-7-15-13/h13-15H,4-12H2,1-3H3. The van der Waals surface area contributed by atoms with E-state index in [1.54, 1.807) is 0 Å². The van der Waals surface area contributed by atoms with Crippen LogP contribution in [0.4, 0.5) is 0 Å². The van der Waals surface area contributed by atoms with E-state index in [1.807, 2.05) is 0 Å². The van der Waals surface area contributed by atoms with E-state index in [9.17, 15) is 0 Å². The SMILES string of the molecule is CN1CCC(N(C)CCC2CN(C)CCN2)CC1. The Balaban J connectivity index is 1.66. The summed E-state index contributed by atoms with van der Waals surface area (Å²) in [6.45, 7) is 7.32. The summed E-state index contributed by atoms with van der Waals surface area (Å²) in [5.41, 5.74) is 0. The zero-order chi connectivity index (χ0) is 13.0. The van der Waals surface area contributed by atoms with Crippen LogP contribution in [0.3, 0.4) is 0 Å². The monoisotopic (exact) mass is 254 g/mol. The highest BCUT2D eigenvalue weighted by molar-refractivity contribution is 4.81. The zero-order valence-corrected chi connectivity index (χ0v) is 12.4. The first-order valence-corrected chi connectivity index (χ1v) is 7.46. The molecule has 2 saturated heterocycles. The summed E-state index contributed by atoms with van der Waals surface area (Å²) in [4.78, 5) is 7.47. The van der Waals surface area contributed by atoms with Crippen LogP contribution in [-0.4, -0.2) is 87.2 Å². The predicted molar refractivity (Wildman–Crippen MR) is 77.1 cm³/mol. The van der Waals surface area contributed by atoms with Crippen molar-refractivity contribution in [1.82, 2.24) is 20.0 Å². The van der Waals surface area contributed by atoms with Crippen LogP contribution in [0.2, 0.25) is 0 Å². The van der Waals surface area contributed by atoms with Crippen LogP contribution in [-0.2, 0) is 0 Å². The molecule has 0 spiro atoms. The van der Waals surface area contributed by atoms with Crippen molar-refractivity contribution in [2.24, 2.45) is 0 Å². The Morgan fingerprint density at radius 2 is 1.83 bits per heavy atom. The lowest BCUT2D eigenvalue weighted by atomic mass is 10.0. The van der Waals surface area contributed by atoms with Gasteiger partial charge in [0.2, 0.25) is 0 Å². The highest BCUT2D eigenvalue weighted by atomic mass is 15.2. The predicted octanol–water partition coefficient (Wildman–Crippen LogP) is 0.306. The molecule has 0 aromatic rings. The number of hydrogen-bond donors (Lipinski definition) is 1. The highest BCUT2D eigenvalue weighted by Crippen LogP contribution is 2.14. The van der Waals surface area contributed by atoms with Crippen molar-refractivity contribution >= 4 is 0 Å². The summed E-state index contributed by atoms with van der Waals surface area (Å²) >= 11 is 0. The minimum Gasteiger partial charge on any atom is -0.311 e. The maximum absolute atomic E-state index is 3.64. The Hall–Kier alpha value is -0.160. The van der Waals surface area contributed by atoms with Gasteiger partial charge in [0.05, 0.1) is 0 Å². The number of likely N-dealkylation sites (N-methyl/N-ethyl adjacent to an activating group) is 1. The zero-order valence-electron chi connectivity index (χ0n) is 12.4. The largest absolute Gasteiger partial charge is 0.311 e. The maximum Gasteiger partial charge on any atom is 0.0207 e. The first-order valence-electron chi connectivity index (χ1n) is 7.46. The third-order valence-electron chi connectivity index (χ3n) is 4.60. The Bertz CT molecular complexity index is 238. The van der Waals surface area contributed by atoms with Gasteiger partial charge in [0, 0.05) is 31.7 Å². The number of nitrogens with one attached hydrogen (secondary N) is 1. The molecule has 0 radical (unpaired) electrons. The third kappa shape index (κ3) is 4.19. The van der Waals surface area contributed by atoms with Crippen molar-refractivity contribution in [3.05, 3.63) is 0 Å². The van der Waals surface area contributed by atoms with Crippen LogP contribution in [0.25, 0.3) is 0 Å². The first kappa shape index (κ1) is 14.3. The molecule has 2 rings (SSSR count). The molecule has 0 saturated carbocycles. The van der Waals surface area contributed by atoms with Gasteiger partial charge in [-0.25, -0.2) is 0 Å². The number of piperazine rings is 1. The summed E-state index contributed by atoms with van der Waals surface area (Å²) in [6.07, 6.45) is 3.96. The van der Waals surface area contributed by atoms with Gasteiger partial charge in [-0.3, -0.25) is 0 Å². The van der Waals surface area contributed by atoms with Crippen LogP contribution in [0.15, 0.2) is 0 Å². The fourth-order valence-corrected chi connectivity index (χ4v) is 3.16. The topological polar surface area (TPSA) is 21.8 Å². The molecule has 4 heteroatoms. The minimum absolute atomic E-state index is 0.692. The van der Waals surface area contributed by atoms with E-state index in [-0.39, 0.29) is 0 Å². The molecule has 1 unspecified atom stereocenters. The summed E-state index contributed by atoms with van der Waals surface area (Å²) in [5, 5.41) is 3.64. The normalized spacial score (nSPS) is 29.0. The second kappa shape index (κ2) is 6.85. The molecule has 2 fully saturated rings. The van der Waals surface area contributed by atoms with Gasteiger partial charge < -0.3 is 20.0 Å². The molecule has 4 nitrogen and oxygen atoms in total. The smallest absolute Gasteiger partial charge is 0.0207 e. The molecule has 106 valence electrons. The highest BCUT2D eigenvalue weighted by Gasteiger charge is 2.22. The molecule has 2 aliphatic heterocycles. The number of nitrogens with zero attached hydrogens (tertiary/aromatic N) is 3. The van der Waals surface area contributed by atoms with Crippen molar-refractivity contribution in [3.63, 3.8) is 0 Å². The van der Waals surface area contributed by atoms with Gasteiger partial charge >= 0.3 is 0 Å². The summed E-state index contributed by atoms with van der Waals surface area (Å²) < 4.78 is 0. The van der Waals surface area contributed by atoms with E-state index in [0.29, 0.717) is 6.04 Å². The van der Waals surface area contributed by atoms with Gasteiger partial charge in [-0.15, -0.1) is 0 Å². The minimum atomic E-state index is 0.692. The molecule has 1 atom stereocenters. The third-order valence-corrected chi connectivity index (χ3v) is 4.60. The fourth-order valence-electron chi connectivity index (χ4n) is 3.16. The van der Waals surface area contributed by atoms with E-state index in [1.165, 1.54) is 52.0 Å². The number of rotatable bonds is 4. The van der Waals surface area contributed by atoms with E-state index in [2.05, 4.69) is 41.2 Å². The average molecular weight is 254 g/mol. The van der Waals surface area contributed by atoms with Crippen molar-refractivity contribution in [2.45, 2.75) is 31.3 Å². The number of piperidine rings is 1. The molecule has 0 aromatic carbocycles. The molecular weight excluding hydrogens is 224 g/mol. The van der Waals surface area contributed by atoms with Crippen molar-refractivity contribution in [1.29, 1.82) is 0 Å². The van der Waals surface area contributed by atoms with E-state index < -0.39 is 0 Å². The van der Waals surface area contributed by atoms with Gasteiger partial charge in [-0.05, 0) is 60.0 Å². The van der Waals surface area contributed by atoms with Crippen molar-refractivity contribution in [2.75, 3.05) is 60.4 Å². The number of likely N-dealkylation sites (tertiary alicyclic amines) is 1. The van der Waals surface area contributed by atoms with Crippen LogP contribution < -0.4 is 5.32 Å². The molecule has 0 amide bonds. The molecule has 1 N–H and O–H groups in total. The summed E-state index contributed by atoms with van der Waals surface area (Å²) in [7, 11) is 6.77. The summed E-state index contributed by atoms with van der Waals surface area (Å²) in [5.74, 6) is 0. The van der Waals surface area contributed by atoms with Crippen LogP contribution in [0.5, 0.6) is 0 Å². The molecule has 2 aliphatic rings. The van der Waals surface area contributed by atoms with E-state index >= 15 is 0 Å². The Kier molecular flexibility index (Phi) is 5.42.